The molecule has 0 spiro atoms. The number of nitrogens with zero attached hydrogens (tertiary/aromatic N) is 1. The average molecular weight is 979 g/mol. The Morgan fingerprint density at radius 3 is 1.29 bits per heavy atom. The van der Waals surface area contributed by atoms with Crippen molar-refractivity contribution in [3.8, 4) is 0 Å². The van der Waals surface area contributed by atoms with Gasteiger partial charge < -0.3 is 19.8 Å². The number of likely N-dealkylation sites (N-methyl/N-ethyl adjacent to an activating group) is 1. The summed E-state index contributed by atoms with van der Waals surface area (Å²) >= 11 is 0. The molecular formula is C59H114N2O6P+. The Morgan fingerprint density at radius 1 is 0.515 bits per heavy atom. The highest BCUT2D eigenvalue weighted by molar-refractivity contribution is 7.47. The number of hydrogen-bond donors (Lipinski definition) is 3. The number of unbranched alkanes of at least 4 members (excludes halogenated alkanes) is 34. The van der Waals surface area contributed by atoms with Crippen molar-refractivity contribution < 1.29 is 32.9 Å². The molecule has 0 aromatic heterocycles. The minimum absolute atomic E-state index is 0.0568. The minimum Gasteiger partial charge on any atom is -0.387 e. The molecule has 0 aliphatic rings. The summed E-state index contributed by atoms with van der Waals surface area (Å²) in [6.07, 6.45) is 66.6. The second kappa shape index (κ2) is 50.4. The van der Waals surface area contributed by atoms with Crippen LogP contribution >= 0.6 is 7.82 Å². The number of quaternary nitrogens is 1. The van der Waals surface area contributed by atoms with Crippen LogP contribution in [0.15, 0.2) is 48.6 Å². The molecule has 0 saturated heterocycles. The number of aliphatic hydroxyl groups excluding tert-OH is 1. The molecule has 0 fully saturated rings. The highest BCUT2D eigenvalue weighted by Crippen LogP contribution is 2.43. The van der Waals surface area contributed by atoms with Crippen molar-refractivity contribution in [2.75, 3.05) is 40.9 Å². The fourth-order valence-electron chi connectivity index (χ4n) is 8.53. The molecule has 3 unspecified atom stereocenters. The highest BCUT2D eigenvalue weighted by atomic mass is 31.2. The maximum absolute atomic E-state index is 12.9. The number of nitrogens with one attached hydrogen (secondary N) is 1. The molecule has 0 aliphatic heterocycles. The van der Waals surface area contributed by atoms with Gasteiger partial charge in [0.25, 0.3) is 0 Å². The summed E-state index contributed by atoms with van der Waals surface area (Å²) in [5.41, 5.74) is 0. The van der Waals surface area contributed by atoms with Gasteiger partial charge in [-0.2, -0.15) is 0 Å². The van der Waals surface area contributed by atoms with Crippen LogP contribution in [0.5, 0.6) is 0 Å². The molecule has 0 saturated carbocycles. The first-order valence-corrected chi connectivity index (χ1v) is 30.5. The van der Waals surface area contributed by atoms with E-state index >= 15 is 0 Å². The number of rotatable bonds is 53. The Labute approximate surface area is 422 Å². The minimum atomic E-state index is -4.35. The summed E-state index contributed by atoms with van der Waals surface area (Å²) in [5.74, 6) is -0.193. The van der Waals surface area contributed by atoms with Crippen molar-refractivity contribution in [2.45, 2.75) is 283 Å². The lowest BCUT2D eigenvalue weighted by Crippen LogP contribution is -2.45. The molecule has 400 valence electrons. The predicted octanol–water partition coefficient (Wildman–Crippen LogP) is 17.5. The van der Waals surface area contributed by atoms with Gasteiger partial charge >= 0.3 is 7.82 Å². The first-order valence-electron chi connectivity index (χ1n) is 29.0. The van der Waals surface area contributed by atoms with E-state index in [2.05, 4.69) is 55.6 Å². The molecule has 0 heterocycles. The highest BCUT2D eigenvalue weighted by Gasteiger charge is 2.27. The van der Waals surface area contributed by atoms with Gasteiger partial charge in [0.2, 0.25) is 5.91 Å². The molecule has 0 aromatic carbocycles. The van der Waals surface area contributed by atoms with E-state index in [9.17, 15) is 19.4 Å². The van der Waals surface area contributed by atoms with Gasteiger partial charge in [-0.25, -0.2) is 4.57 Å². The number of carbonyl (C=O) groups excluding carboxylic acids is 1. The van der Waals surface area contributed by atoms with E-state index in [0.29, 0.717) is 17.4 Å². The lowest BCUT2D eigenvalue weighted by molar-refractivity contribution is -0.870. The summed E-state index contributed by atoms with van der Waals surface area (Å²) in [5, 5.41) is 13.9. The van der Waals surface area contributed by atoms with Crippen LogP contribution in [0.25, 0.3) is 0 Å². The zero-order valence-corrected chi connectivity index (χ0v) is 46.5. The molecule has 0 aromatic rings. The van der Waals surface area contributed by atoms with Crippen LogP contribution in [0, 0.1) is 0 Å². The fraction of sp³-hybridized carbons (Fsp3) is 0.847. The van der Waals surface area contributed by atoms with Crippen molar-refractivity contribution in [2.24, 2.45) is 0 Å². The number of phosphoric ester groups is 1. The fourth-order valence-corrected chi connectivity index (χ4v) is 9.27. The van der Waals surface area contributed by atoms with Crippen LogP contribution in [0.1, 0.15) is 271 Å². The Balaban J connectivity index is 4.10. The van der Waals surface area contributed by atoms with E-state index in [0.717, 1.165) is 77.0 Å². The Morgan fingerprint density at radius 2 is 0.882 bits per heavy atom. The van der Waals surface area contributed by atoms with Crippen molar-refractivity contribution >= 4 is 13.7 Å². The van der Waals surface area contributed by atoms with Crippen molar-refractivity contribution in [1.82, 2.24) is 5.32 Å². The van der Waals surface area contributed by atoms with Gasteiger partial charge in [-0.05, 0) is 51.4 Å². The quantitative estimate of drug-likeness (QED) is 0.0243. The molecular weight excluding hydrogens is 864 g/mol. The number of phosphoric acid groups is 1. The average Bonchev–Trinajstić information content (AvgIpc) is 3.30. The third kappa shape index (κ3) is 52.3. The largest absolute Gasteiger partial charge is 0.472 e. The summed E-state index contributed by atoms with van der Waals surface area (Å²) < 4.78 is 23.7. The third-order valence-electron chi connectivity index (χ3n) is 13.1. The van der Waals surface area contributed by atoms with Crippen LogP contribution in [0.2, 0.25) is 0 Å². The van der Waals surface area contributed by atoms with Gasteiger partial charge in [0, 0.05) is 6.42 Å². The zero-order valence-electron chi connectivity index (χ0n) is 45.6. The lowest BCUT2D eigenvalue weighted by Gasteiger charge is -2.25. The molecule has 68 heavy (non-hydrogen) atoms. The number of amides is 1. The summed E-state index contributed by atoms with van der Waals surface area (Å²) in [7, 11) is 1.56. The molecule has 8 nitrogen and oxygen atoms in total. The van der Waals surface area contributed by atoms with E-state index < -0.39 is 20.0 Å². The lowest BCUT2D eigenvalue weighted by atomic mass is 10.0. The van der Waals surface area contributed by atoms with Gasteiger partial charge in [0.15, 0.2) is 0 Å². The van der Waals surface area contributed by atoms with Gasteiger partial charge in [-0.15, -0.1) is 0 Å². The van der Waals surface area contributed by atoms with E-state index in [1.165, 1.54) is 173 Å². The summed E-state index contributed by atoms with van der Waals surface area (Å²) in [6.45, 7) is 4.71. The van der Waals surface area contributed by atoms with Crippen molar-refractivity contribution in [3.63, 3.8) is 0 Å². The third-order valence-corrected chi connectivity index (χ3v) is 14.0. The van der Waals surface area contributed by atoms with E-state index in [4.69, 9.17) is 9.05 Å². The van der Waals surface area contributed by atoms with Gasteiger partial charge in [0.05, 0.1) is 39.9 Å². The molecule has 3 N–H and O–H groups in total. The van der Waals surface area contributed by atoms with Crippen LogP contribution in [-0.4, -0.2) is 73.4 Å². The maximum atomic E-state index is 12.9. The molecule has 0 bridgehead atoms. The van der Waals surface area contributed by atoms with Gasteiger partial charge in [-0.3, -0.25) is 13.8 Å². The Kier molecular flexibility index (Phi) is 49.3. The first kappa shape index (κ1) is 66.5. The van der Waals surface area contributed by atoms with Gasteiger partial charge in [-0.1, -0.05) is 262 Å². The van der Waals surface area contributed by atoms with E-state index in [1.54, 1.807) is 6.08 Å². The second-order valence-electron chi connectivity index (χ2n) is 21.0. The standard InChI is InChI=1S/C59H113N2O6P/c1-6-8-10-12-14-16-18-20-22-23-24-25-26-27-28-29-30-31-32-33-34-35-36-37-39-40-42-44-46-48-50-52-58(62)57(56-67-68(64,65)66-55-54-61(3,4)5)60-59(63)53-51-49-47-45-43-41-38-21-19-17-15-13-11-9-7-2/h9,11,15,17,21,38,50,52,57-58,62H,6-8,10,12-14,16,18-20,22-37,39-49,51,53-56H2,1-5H3,(H-,60,63,64,65)/p+1/b11-9-,17-15-,38-21-,52-50+. The molecule has 0 aliphatic carbocycles. The SMILES string of the molecule is CC/C=C\C/C=C\C/C=C\CCCCCCCC(=O)NC(COP(=O)(O)OCC[N+](C)(C)C)C(O)/C=C/CCCCCCCCCCCCCCCCCCCCCCCCCCCCCCC. The van der Waals surface area contributed by atoms with Crippen molar-refractivity contribution in [1.29, 1.82) is 0 Å². The monoisotopic (exact) mass is 978 g/mol. The number of carbonyl (C=O) groups is 1. The van der Waals surface area contributed by atoms with E-state index in [1.807, 2.05) is 27.2 Å². The van der Waals surface area contributed by atoms with Crippen LogP contribution in [-0.2, 0) is 18.4 Å². The summed E-state index contributed by atoms with van der Waals surface area (Å²) in [6, 6.07) is -0.857. The predicted molar refractivity (Wildman–Crippen MR) is 295 cm³/mol. The van der Waals surface area contributed by atoms with Crippen LogP contribution < -0.4 is 5.32 Å². The van der Waals surface area contributed by atoms with Gasteiger partial charge in [0.1, 0.15) is 13.2 Å². The Bertz CT molecular complexity index is 1250. The molecule has 0 radical (unpaired) electrons. The number of aliphatic hydroxyl groups is 1. The normalized spacial score (nSPS) is 14.3. The summed E-state index contributed by atoms with van der Waals surface area (Å²) in [4.78, 5) is 23.2. The smallest absolute Gasteiger partial charge is 0.387 e. The van der Waals surface area contributed by atoms with Crippen molar-refractivity contribution in [3.05, 3.63) is 48.6 Å². The second-order valence-corrected chi connectivity index (χ2v) is 22.4. The number of allylic oxidation sites excluding steroid dienone is 7. The van der Waals surface area contributed by atoms with Crippen LogP contribution in [0.4, 0.5) is 0 Å². The molecule has 3 atom stereocenters. The molecule has 1 amide bonds. The first-order chi connectivity index (χ1) is 33.0. The molecule has 0 rings (SSSR count). The van der Waals surface area contributed by atoms with Crippen LogP contribution in [0.3, 0.4) is 0 Å². The zero-order chi connectivity index (χ0) is 49.9. The molecule has 9 heteroatoms. The Hall–Kier alpha value is -1.54. The number of hydrogen-bond acceptors (Lipinski definition) is 5. The maximum Gasteiger partial charge on any atom is 0.472 e. The topological polar surface area (TPSA) is 105 Å². The van der Waals surface area contributed by atoms with E-state index in [-0.39, 0.29) is 19.1 Å².